The minimum atomic E-state index is -0.930. The standard InChI is InChI=1S/C27H46O6/c1-15(5-4-6-16(14-28)25(32)33)19-7-8-20-24-21(13-23(31)27(19,20)3)26(2)10-9-18(29)11-17(26)12-22(24)30/h15-24,28-31H,4-14H2,1-3H3,(H,32,33). The van der Waals surface area contributed by atoms with Gasteiger partial charge in [0.05, 0.1) is 30.8 Å². The zero-order valence-corrected chi connectivity index (χ0v) is 20.7. The Morgan fingerprint density at radius 3 is 2.39 bits per heavy atom. The maximum atomic E-state index is 11.6. The summed E-state index contributed by atoms with van der Waals surface area (Å²) in [4.78, 5) is 11.2. The van der Waals surface area contributed by atoms with Gasteiger partial charge in [0.2, 0.25) is 0 Å². The lowest BCUT2D eigenvalue weighted by atomic mass is 9.43. The molecule has 4 rings (SSSR count). The second kappa shape index (κ2) is 9.40. The van der Waals surface area contributed by atoms with Gasteiger partial charge in [-0.15, -0.1) is 0 Å². The van der Waals surface area contributed by atoms with Crippen molar-refractivity contribution in [2.45, 2.75) is 103 Å². The molecule has 0 aromatic carbocycles. The van der Waals surface area contributed by atoms with Gasteiger partial charge in [-0.05, 0) is 97.7 Å². The van der Waals surface area contributed by atoms with Crippen molar-refractivity contribution in [3.63, 3.8) is 0 Å². The zero-order chi connectivity index (χ0) is 24.1. The van der Waals surface area contributed by atoms with Crippen molar-refractivity contribution in [2.24, 2.45) is 52.3 Å². The fourth-order valence-corrected chi connectivity index (χ4v) is 9.31. The third-order valence-electron chi connectivity index (χ3n) is 11.3. The van der Waals surface area contributed by atoms with Gasteiger partial charge in [-0.2, -0.15) is 0 Å². The monoisotopic (exact) mass is 466 g/mol. The molecule has 4 aliphatic rings. The predicted molar refractivity (Wildman–Crippen MR) is 125 cm³/mol. The number of aliphatic hydroxyl groups excluding tert-OH is 4. The summed E-state index contributed by atoms with van der Waals surface area (Å²) in [7, 11) is 0. The van der Waals surface area contributed by atoms with Gasteiger partial charge in [-0.3, -0.25) is 4.79 Å². The molecule has 0 aromatic rings. The highest BCUT2D eigenvalue weighted by Gasteiger charge is 2.65. The van der Waals surface area contributed by atoms with Crippen molar-refractivity contribution in [1.82, 2.24) is 0 Å². The number of carbonyl (C=O) groups is 1. The lowest BCUT2D eigenvalue weighted by Gasteiger charge is -2.63. The molecule has 190 valence electrons. The van der Waals surface area contributed by atoms with Crippen LogP contribution in [0.2, 0.25) is 0 Å². The SMILES string of the molecule is CC(CCCC(CO)C(=O)O)C1CCC2C3C(O)CC4CC(O)CCC4(C)C3CC(O)C12C. The van der Waals surface area contributed by atoms with Crippen molar-refractivity contribution in [2.75, 3.05) is 6.61 Å². The van der Waals surface area contributed by atoms with Crippen molar-refractivity contribution in [3.05, 3.63) is 0 Å². The van der Waals surface area contributed by atoms with Gasteiger partial charge in [0.25, 0.3) is 0 Å². The maximum absolute atomic E-state index is 11.6. The van der Waals surface area contributed by atoms with E-state index < -0.39 is 18.0 Å². The van der Waals surface area contributed by atoms with E-state index in [-0.39, 0.29) is 35.6 Å². The predicted octanol–water partition coefficient (Wildman–Crippen LogP) is 3.45. The average molecular weight is 467 g/mol. The molecule has 6 heteroatoms. The zero-order valence-electron chi connectivity index (χ0n) is 20.7. The quantitative estimate of drug-likeness (QED) is 0.392. The first-order valence-electron chi connectivity index (χ1n) is 13.4. The molecule has 0 bridgehead atoms. The number of hydrogen-bond acceptors (Lipinski definition) is 5. The largest absolute Gasteiger partial charge is 0.481 e. The summed E-state index contributed by atoms with van der Waals surface area (Å²) in [6, 6.07) is 0. The number of aliphatic carboxylic acids is 1. The van der Waals surface area contributed by atoms with Crippen LogP contribution in [-0.4, -0.2) is 56.4 Å². The average Bonchev–Trinajstić information content (AvgIpc) is 3.11. The second-order valence-electron chi connectivity index (χ2n) is 12.7. The fraction of sp³-hybridized carbons (Fsp3) is 0.963. The number of carboxylic acid groups (broad SMARTS) is 1. The topological polar surface area (TPSA) is 118 Å². The molecule has 0 aliphatic heterocycles. The molecule has 12 atom stereocenters. The number of aliphatic hydroxyl groups is 4. The lowest BCUT2D eigenvalue weighted by molar-refractivity contribution is -0.207. The summed E-state index contributed by atoms with van der Waals surface area (Å²) in [5.74, 6) is 0.279. The van der Waals surface area contributed by atoms with Crippen LogP contribution < -0.4 is 0 Å². The van der Waals surface area contributed by atoms with Crippen molar-refractivity contribution >= 4 is 5.97 Å². The Bertz CT molecular complexity index is 713. The smallest absolute Gasteiger partial charge is 0.308 e. The molecule has 0 spiro atoms. The van der Waals surface area contributed by atoms with Crippen molar-refractivity contribution < 1.29 is 30.3 Å². The van der Waals surface area contributed by atoms with E-state index in [4.69, 9.17) is 0 Å². The number of carboxylic acids is 1. The molecular weight excluding hydrogens is 420 g/mol. The van der Waals surface area contributed by atoms with Gasteiger partial charge in [-0.1, -0.05) is 33.6 Å². The first-order chi connectivity index (χ1) is 15.5. The van der Waals surface area contributed by atoms with E-state index >= 15 is 0 Å². The van der Waals surface area contributed by atoms with E-state index in [1.165, 1.54) is 0 Å². The molecule has 5 N–H and O–H groups in total. The van der Waals surface area contributed by atoms with Crippen molar-refractivity contribution in [1.29, 1.82) is 0 Å². The molecule has 4 aliphatic carbocycles. The van der Waals surface area contributed by atoms with Gasteiger partial charge in [0.1, 0.15) is 0 Å². The second-order valence-corrected chi connectivity index (χ2v) is 12.7. The van der Waals surface area contributed by atoms with E-state index in [0.717, 1.165) is 57.8 Å². The van der Waals surface area contributed by atoms with Gasteiger partial charge < -0.3 is 25.5 Å². The maximum Gasteiger partial charge on any atom is 0.308 e. The van der Waals surface area contributed by atoms with Crippen LogP contribution in [0, 0.1) is 52.3 Å². The molecule has 0 saturated heterocycles. The Morgan fingerprint density at radius 1 is 1.00 bits per heavy atom. The van der Waals surface area contributed by atoms with E-state index in [0.29, 0.717) is 36.0 Å². The van der Waals surface area contributed by atoms with Crippen LogP contribution in [0.3, 0.4) is 0 Å². The first kappa shape index (κ1) is 25.4. The van der Waals surface area contributed by atoms with Crippen molar-refractivity contribution in [3.8, 4) is 0 Å². The molecular formula is C27H46O6. The van der Waals surface area contributed by atoms with Gasteiger partial charge in [0.15, 0.2) is 0 Å². The Morgan fingerprint density at radius 2 is 1.73 bits per heavy atom. The molecule has 33 heavy (non-hydrogen) atoms. The molecule has 0 radical (unpaired) electrons. The van der Waals surface area contributed by atoms with Gasteiger partial charge >= 0.3 is 5.97 Å². The molecule has 12 unspecified atom stereocenters. The number of fused-ring (bicyclic) bond motifs is 5. The summed E-state index contributed by atoms with van der Waals surface area (Å²) < 4.78 is 0. The van der Waals surface area contributed by atoms with Crippen LogP contribution in [0.15, 0.2) is 0 Å². The molecule has 6 nitrogen and oxygen atoms in total. The fourth-order valence-electron chi connectivity index (χ4n) is 9.31. The highest BCUT2D eigenvalue weighted by atomic mass is 16.4. The normalized spacial score (nSPS) is 48.9. The van der Waals surface area contributed by atoms with E-state index in [1.54, 1.807) is 0 Å². The summed E-state index contributed by atoms with van der Waals surface area (Å²) in [5.41, 5.74) is -0.132. The summed E-state index contributed by atoms with van der Waals surface area (Å²) in [5, 5.41) is 51.7. The molecule has 0 heterocycles. The minimum absolute atomic E-state index is 0.0886. The van der Waals surface area contributed by atoms with Gasteiger partial charge in [-0.25, -0.2) is 0 Å². The van der Waals surface area contributed by atoms with Crippen LogP contribution in [0.1, 0.15) is 85.0 Å². The number of hydrogen-bond donors (Lipinski definition) is 5. The van der Waals surface area contributed by atoms with E-state index in [9.17, 15) is 30.3 Å². The Hall–Kier alpha value is -0.690. The lowest BCUT2D eigenvalue weighted by Crippen LogP contribution is -2.62. The highest BCUT2D eigenvalue weighted by Crippen LogP contribution is 2.68. The van der Waals surface area contributed by atoms with Crippen LogP contribution in [0.25, 0.3) is 0 Å². The van der Waals surface area contributed by atoms with Crippen LogP contribution >= 0.6 is 0 Å². The molecule has 4 saturated carbocycles. The van der Waals surface area contributed by atoms with Crippen LogP contribution in [0.4, 0.5) is 0 Å². The molecule has 0 amide bonds. The van der Waals surface area contributed by atoms with E-state index in [2.05, 4.69) is 20.8 Å². The molecule has 0 aromatic heterocycles. The summed E-state index contributed by atoms with van der Waals surface area (Å²) >= 11 is 0. The number of rotatable bonds is 7. The van der Waals surface area contributed by atoms with Gasteiger partial charge in [0, 0.05) is 0 Å². The Kier molecular flexibility index (Phi) is 7.24. The third-order valence-corrected chi connectivity index (χ3v) is 11.3. The molecule has 4 fully saturated rings. The Labute approximate surface area is 198 Å². The summed E-state index contributed by atoms with van der Waals surface area (Å²) in [6.45, 7) is 6.54. The van der Waals surface area contributed by atoms with E-state index in [1.807, 2.05) is 0 Å². The highest BCUT2D eigenvalue weighted by molar-refractivity contribution is 5.69. The third kappa shape index (κ3) is 4.17. The first-order valence-corrected chi connectivity index (χ1v) is 13.4. The summed E-state index contributed by atoms with van der Waals surface area (Å²) in [6.07, 6.45) is 7.35. The minimum Gasteiger partial charge on any atom is -0.481 e. The van der Waals surface area contributed by atoms with Crippen LogP contribution in [0.5, 0.6) is 0 Å². The van der Waals surface area contributed by atoms with Crippen LogP contribution in [-0.2, 0) is 4.79 Å². The Balaban J connectivity index is 1.49.